The molecule has 3 rings (SSSR count). The van der Waals surface area contributed by atoms with Gasteiger partial charge in [0.2, 0.25) is 0 Å². The predicted molar refractivity (Wildman–Crippen MR) is 99.5 cm³/mol. The molecule has 26 heavy (non-hydrogen) atoms. The molecule has 0 amide bonds. The first-order valence-electron chi connectivity index (χ1n) is 8.81. The average Bonchev–Trinajstić information content (AvgIpc) is 3.11. The Morgan fingerprint density at radius 3 is 2.77 bits per heavy atom. The smallest absolute Gasteiger partial charge is 0.191 e. The van der Waals surface area contributed by atoms with Gasteiger partial charge in [-0.2, -0.15) is 0 Å². The molecule has 0 aliphatic carbocycles. The van der Waals surface area contributed by atoms with Crippen LogP contribution in [0, 0.1) is 0 Å². The Labute approximate surface area is 153 Å². The summed E-state index contributed by atoms with van der Waals surface area (Å²) in [5.74, 6) is 4.28. The van der Waals surface area contributed by atoms with Crippen molar-refractivity contribution in [2.45, 2.75) is 38.9 Å². The van der Waals surface area contributed by atoms with Crippen LogP contribution in [0.15, 0.2) is 23.2 Å². The van der Waals surface area contributed by atoms with Crippen molar-refractivity contribution in [3.8, 4) is 11.5 Å². The zero-order valence-corrected chi connectivity index (χ0v) is 15.6. The van der Waals surface area contributed by atoms with Crippen LogP contribution in [-0.2, 0) is 26.1 Å². The van der Waals surface area contributed by atoms with Gasteiger partial charge in [-0.25, -0.2) is 0 Å². The standard InChI is InChI=1S/C18H26N6O2/c1-19-18(20-11-13-7-8-14(25-2)10-15(13)26-3)21-12-17-23-22-16-6-4-5-9-24(16)17/h7-8,10H,4-6,9,11-12H2,1-3H3,(H2,19,20,21). The van der Waals surface area contributed by atoms with Gasteiger partial charge in [-0.05, 0) is 25.0 Å². The van der Waals surface area contributed by atoms with Crippen LogP contribution in [0.3, 0.4) is 0 Å². The molecule has 0 saturated carbocycles. The summed E-state index contributed by atoms with van der Waals surface area (Å²) < 4.78 is 12.9. The Hall–Kier alpha value is -2.77. The highest BCUT2D eigenvalue weighted by Gasteiger charge is 2.15. The number of aryl methyl sites for hydroxylation is 1. The summed E-state index contributed by atoms with van der Waals surface area (Å²) in [4.78, 5) is 4.28. The van der Waals surface area contributed by atoms with Gasteiger partial charge in [0, 0.05) is 38.2 Å². The Kier molecular flexibility index (Phi) is 5.93. The van der Waals surface area contributed by atoms with E-state index in [9.17, 15) is 0 Å². The molecular weight excluding hydrogens is 332 g/mol. The Bertz CT molecular complexity index is 771. The van der Waals surface area contributed by atoms with E-state index in [2.05, 4.69) is 30.4 Å². The highest BCUT2D eigenvalue weighted by molar-refractivity contribution is 5.79. The quantitative estimate of drug-likeness (QED) is 0.601. The first kappa shape index (κ1) is 18.0. The van der Waals surface area contributed by atoms with Gasteiger partial charge in [0.25, 0.3) is 0 Å². The fourth-order valence-electron chi connectivity index (χ4n) is 3.06. The van der Waals surface area contributed by atoms with E-state index in [1.54, 1.807) is 21.3 Å². The van der Waals surface area contributed by atoms with E-state index in [4.69, 9.17) is 9.47 Å². The molecule has 0 spiro atoms. The molecule has 2 heterocycles. The summed E-state index contributed by atoms with van der Waals surface area (Å²) in [6.45, 7) is 2.17. The van der Waals surface area contributed by atoms with Crippen molar-refractivity contribution >= 4 is 5.96 Å². The zero-order valence-electron chi connectivity index (χ0n) is 15.6. The molecule has 1 aromatic heterocycles. The van der Waals surface area contributed by atoms with Gasteiger partial charge in [-0.15, -0.1) is 10.2 Å². The molecule has 1 aliphatic rings. The van der Waals surface area contributed by atoms with Crippen molar-refractivity contribution in [2.24, 2.45) is 4.99 Å². The predicted octanol–water partition coefficient (Wildman–Crippen LogP) is 1.50. The van der Waals surface area contributed by atoms with Crippen LogP contribution in [0.4, 0.5) is 0 Å². The first-order valence-corrected chi connectivity index (χ1v) is 8.81. The van der Waals surface area contributed by atoms with E-state index in [1.165, 1.54) is 12.8 Å². The fourth-order valence-corrected chi connectivity index (χ4v) is 3.06. The minimum atomic E-state index is 0.588. The summed E-state index contributed by atoms with van der Waals surface area (Å²) in [5.41, 5.74) is 1.02. The first-order chi connectivity index (χ1) is 12.7. The Balaban J connectivity index is 1.58. The van der Waals surface area contributed by atoms with Crippen molar-refractivity contribution in [1.29, 1.82) is 0 Å². The number of nitrogens with one attached hydrogen (secondary N) is 2. The van der Waals surface area contributed by atoms with Gasteiger partial charge in [-0.1, -0.05) is 0 Å². The number of nitrogens with zero attached hydrogens (tertiary/aromatic N) is 4. The average molecular weight is 358 g/mol. The summed E-state index contributed by atoms with van der Waals surface area (Å²) in [6.07, 6.45) is 3.39. The molecule has 0 atom stereocenters. The minimum Gasteiger partial charge on any atom is -0.497 e. The zero-order chi connectivity index (χ0) is 18.4. The van der Waals surface area contributed by atoms with Crippen LogP contribution in [0.2, 0.25) is 0 Å². The van der Waals surface area contributed by atoms with E-state index in [1.807, 2.05) is 18.2 Å². The number of ether oxygens (including phenoxy) is 2. The molecule has 0 unspecified atom stereocenters. The van der Waals surface area contributed by atoms with Gasteiger partial charge in [0.15, 0.2) is 11.8 Å². The second kappa shape index (κ2) is 8.55. The number of hydrogen-bond donors (Lipinski definition) is 2. The maximum Gasteiger partial charge on any atom is 0.191 e. The highest BCUT2D eigenvalue weighted by atomic mass is 16.5. The van der Waals surface area contributed by atoms with Gasteiger partial charge < -0.3 is 24.7 Å². The molecule has 0 bridgehead atoms. The van der Waals surface area contributed by atoms with Gasteiger partial charge >= 0.3 is 0 Å². The number of guanidine groups is 1. The lowest BCUT2D eigenvalue weighted by Crippen LogP contribution is -2.37. The van der Waals surface area contributed by atoms with Crippen LogP contribution >= 0.6 is 0 Å². The number of fused-ring (bicyclic) bond motifs is 1. The summed E-state index contributed by atoms with van der Waals surface area (Å²) in [5, 5.41) is 15.2. The number of rotatable bonds is 6. The summed E-state index contributed by atoms with van der Waals surface area (Å²) >= 11 is 0. The number of hydrogen-bond acceptors (Lipinski definition) is 5. The molecule has 8 heteroatoms. The second-order valence-electron chi connectivity index (χ2n) is 6.10. The third-order valence-electron chi connectivity index (χ3n) is 4.51. The molecule has 0 fully saturated rings. The lowest BCUT2D eigenvalue weighted by molar-refractivity contribution is 0.390. The lowest BCUT2D eigenvalue weighted by atomic mass is 10.2. The maximum atomic E-state index is 5.43. The van der Waals surface area contributed by atoms with Gasteiger partial charge in [0.1, 0.15) is 17.3 Å². The third kappa shape index (κ3) is 4.07. The fraction of sp³-hybridized carbons (Fsp3) is 0.500. The van der Waals surface area contributed by atoms with Gasteiger partial charge in [0.05, 0.1) is 20.8 Å². The van der Waals surface area contributed by atoms with Crippen LogP contribution in [0.5, 0.6) is 11.5 Å². The molecule has 8 nitrogen and oxygen atoms in total. The van der Waals surface area contributed by atoms with Crippen molar-refractivity contribution in [2.75, 3.05) is 21.3 Å². The third-order valence-corrected chi connectivity index (χ3v) is 4.51. The van der Waals surface area contributed by atoms with E-state index >= 15 is 0 Å². The SMILES string of the molecule is CN=C(NCc1ccc(OC)cc1OC)NCc1nnc2n1CCCC2. The van der Waals surface area contributed by atoms with E-state index in [0.29, 0.717) is 19.0 Å². The summed E-state index contributed by atoms with van der Waals surface area (Å²) in [7, 11) is 5.04. The molecule has 2 N–H and O–H groups in total. The van der Waals surface area contributed by atoms with E-state index < -0.39 is 0 Å². The highest BCUT2D eigenvalue weighted by Crippen LogP contribution is 2.24. The number of methoxy groups -OCH3 is 2. The van der Waals surface area contributed by atoms with E-state index in [0.717, 1.165) is 41.7 Å². The second-order valence-corrected chi connectivity index (χ2v) is 6.10. The molecular formula is C18H26N6O2. The van der Waals surface area contributed by atoms with Gasteiger partial charge in [-0.3, -0.25) is 4.99 Å². The summed E-state index contributed by atoms with van der Waals surface area (Å²) in [6, 6.07) is 5.76. The number of aliphatic imine (C=N–C) groups is 1. The molecule has 2 aromatic rings. The van der Waals surface area contributed by atoms with Crippen molar-refractivity contribution in [3.63, 3.8) is 0 Å². The molecule has 0 radical (unpaired) electrons. The molecule has 140 valence electrons. The topological polar surface area (TPSA) is 85.6 Å². The number of benzene rings is 1. The van der Waals surface area contributed by atoms with Crippen LogP contribution in [0.25, 0.3) is 0 Å². The Morgan fingerprint density at radius 2 is 2.00 bits per heavy atom. The van der Waals surface area contributed by atoms with Crippen molar-refractivity contribution in [3.05, 3.63) is 35.4 Å². The maximum absolute atomic E-state index is 5.43. The number of aromatic nitrogens is 3. The largest absolute Gasteiger partial charge is 0.497 e. The lowest BCUT2D eigenvalue weighted by Gasteiger charge is -2.16. The molecule has 0 saturated heterocycles. The van der Waals surface area contributed by atoms with Crippen molar-refractivity contribution in [1.82, 2.24) is 25.4 Å². The van der Waals surface area contributed by atoms with E-state index in [-0.39, 0.29) is 0 Å². The molecule has 1 aromatic carbocycles. The Morgan fingerprint density at radius 1 is 1.15 bits per heavy atom. The minimum absolute atomic E-state index is 0.588. The molecule has 1 aliphatic heterocycles. The van der Waals surface area contributed by atoms with Crippen molar-refractivity contribution < 1.29 is 9.47 Å². The van der Waals surface area contributed by atoms with Crippen LogP contribution in [0.1, 0.15) is 30.1 Å². The normalized spacial score (nSPS) is 13.9. The van der Waals surface area contributed by atoms with Crippen LogP contribution in [-0.4, -0.2) is 42.0 Å². The monoisotopic (exact) mass is 358 g/mol. The van der Waals surface area contributed by atoms with Crippen LogP contribution < -0.4 is 20.1 Å².